The van der Waals surface area contributed by atoms with E-state index in [-0.39, 0.29) is 5.69 Å². The summed E-state index contributed by atoms with van der Waals surface area (Å²) in [5.74, 6) is -0.984. The van der Waals surface area contributed by atoms with Crippen LogP contribution in [0, 0.1) is 11.2 Å². The number of rotatable bonds is 0. The molecule has 1 aromatic carbocycles. The number of benzene rings is 1. The second-order valence-corrected chi connectivity index (χ2v) is 2.27. The first-order chi connectivity index (χ1) is 7.39. The molecule has 0 atom stereocenters. The van der Waals surface area contributed by atoms with Gasteiger partial charge in [0.2, 0.25) is 0 Å². The van der Waals surface area contributed by atoms with Gasteiger partial charge in [0, 0.05) is 5.69 Å². The lowest BCUT2D eigenvalue weighted by molar-refractivity contribution is -0.137. The van der Waals surface area contributed by atoms with Crippen molar-refractivity contribution in [3.05, 3.63) is 29.6 Å². The second kappa shape index (κ2) is 7.67. The van der Waals surface area contributed by atoms with Crippen LogP contribution in [-0.4, -0.2) is 6.72 Å². The molecule has 2 nitrogen and oxygen atoms in total. The van der Waals surface area contributed by atoms with Gasteiger partial charge in [0.05, 0.1) is 5.56 Å². The number of nitrogen functional groups attached to an aromatic ring is 1. The Kier molecular flexibility index (Phi) is 8.07. The number of alkyl halides is 3. The first kappa shape index (κ1) is 16.8. The normalized spacial score (nSPS) is 9.38. The van der Waals surface area contributed by atoms with E-state index in [2.05, 4.69) is 6.72 Å². The highest BCUT2D eigenvalue weighted by Crippen LogP contribution is 2.30. The Labute approximate surface area is 91.6 Å². The number of hydrogen-bond acceptors (Lipinski definition) is 2. The summed E-state index contributed by atoms with van der Waals surface area (Å²) in [6, 6.07) is 1.91. The van der Waals surface area contributed by atoms with E-state index in [1.165, 1.54) is 0 Å². The van der Waals surface area contributed by atoms with E-state index in [1.54, 1.807) is 0 Å². The van der Waals surface area contributed by atoms with Gasteiger partial charge in [0.25, 0.3) is 0 Å². The summed E-state index contributed by atoms with van der Waals surface area (Å²) < 4.78 is 48.2. The van der Waals surface area contributed by atoms with Crippen molar-refractivity contribution in [2.24, 2.45) is 0 Å². The summed E-state index contributed by atoms with van der Waals surface area (Å²) in [6.45, 7) is 6.50. The monoisotopic (exact) mass is 238 g/mol. The third-order valence-corrected chi connectivity index (χ3v) is 1.25. The Bertz CT molecular complexity index is 290. The van der Waals surface area contributed by atoms with Crippen LogP contribution in [0.1, 0.15) is 19.4 Å². The topological polar surface area (TPSA) is 49.9 Å². The number of hydrogen-bond donors (Lipinski definition) is 2. The summed E-state index contributed by atoms with van der Waals surface area (Å²) in [6.07, 6.45) is -4.55. The third kappa shape index (κ3) is 6.00. The maximum absolute atomic E-state index is 12.4. The fourth-order valence-corrected chi connectivity index (χ4v) is 0.776. The van der Waals surface area contributed by atoms with Crippen molar-refractivity contribution in [2.45, 2.75) is 20.0 Å². The Morgan fingerprint density at radius 1 is 1.12 bits per heavy atom. The molecule has 0 fully saturated rings. The zero-order valence-electron chi connectivity index (χ0n) is 9.03. The quantitative estimate of drug-likeness (QED) is 0.404. The van der Waals surface area contributed by atoms with Gasteiger partial charge in [-0.25, -0.2) is 4.39 Å². The molecule has 1 aromatic rings. The Morgan fingerprint density at radius 2 is 1.56 bits per heavy atom. The van der Waals surface area contributed by atoms with Crippen LogP contribution in [0.2, 0.25) is 0 Å². The maximum Gasteiger partial charge on any atom is 0.416 e. The van der Waals surface area contributed by atoms with Gasteiger partial charge in [-0.3, -0.25) is 0 Å². The minimum absolute atomic E-state index is 0.234. The van der Waals surface area contributed by atoms with Gasteiger partial charge in [-0.15, -0.1) is 0 Å². The molecule has 6 heteroatoms. The Morgan fingerprint density at radius 3 is 1.88 bits per heavy atom. The summed E-state index contributed by atoms with van der Waals surface area (Å²) >= 11 is 0. The smallest absolute Gasteiger partial charge is 0.399 e. The Balaban J connectivity index is 0. The van der Waals surface area contributed by atoms with Gasteiger partial charge in [-0.05, 0) is 24.9 Å². The maximum atomic E-state index is 12.4. The standard InChI is InChI=1S/C7H5F4N.C2H6.CH3N/c8-5-1-4(7(9,10)11)2-6(12)3-5;2*1-2/h1-3H,12H2;1-2H3;2H,1H2. The van der Waals surface area contributed by atoms with Crippen molar-refractivity contribution in [1.29, 1.82) is 5.41 Å². The minimum atomic E-state index is -4.55. The highest BCUT2D eigenvalue weighted by atomic mass is 19.4. The van der Waals surface area contributed by atoms with Crippen LogP contribution in [0.4, 0.5) is 23.2 Å². The molecule has 1 rings (SSSR count). The molecule has 0 spiro atoms. The lowest BCUT2D eigenvalue weighted by Crippen LogP contribution is -2.06. The summed E-state index contributed by atoms with van der Waals surface area (Å²) in [7, 11) is 0. The van der Waals surface area contributed by atoms with Crippen LogP contribution >= 0.6 is 0 Å². The van der Waals surface area contributed by atoms with Gasteiger partial charge >= 0.3 is 6.18 Å². The van der Waals surface area contributed by atoms with Crippen molar-refractivity contribution in [3.8, 4) is 0 Å². The molecule has 0 unspecified atom stereocenters. The average Bonchev–Trinajstić information content (AvgIpc) is 2.21. The number of nitrogens with two attached hydrogens (primary N) is 1. The van der Waals surface area contributed by atoms with Crippen molar-refractivity contribution < 1.29 is 17.6 Å². The largest absolute Gasteiger partial charge is 0.416 e. The van der Waals surface area contributed by atoms with Gasteiger partial charge in [-0.2, -0.15) is 13.2 Å². The molecular weight excluding hydrogens is 224 g/mol. The van der Waals surface area contributed by atoms with E-state index in [0.29, 0.717) is 12.1 Å². The Hall–Kier alpha value is -1.59. The molecule has 0 aliphatic rings. The van der Waals surface area contributed by atoms with Crippen LogP contribution in [-0.2, 0) is 6.18 Å². The first-order valence-corrected chi connectivity index (χ1v) is 4.38. The van der Waals surface area contributed by atoms with Crippen molar-refractivity contribution in [3.63, 3.8) is 0 Å². The zero-order valence-corrected chi connectivity index (χ0v) is 9.03. The van der Waals surface area contributed by atoms with Gasteiger partial charge in [0.15, 0.2) is 0 Å². The summed E-state index contributed by atoms with van der Waals surface area (Å²) in [5.41, 5.74) is 3.71. The van der Waals surface area contributed by atoms with Crippen LogP contribution in [0.5, 0.6) is 0 Å². The van der Waals surface area contributed by atoms with Crippen molar-refractivity contribution in [1.82, 2.24) is 0 Å². The molecule has 0 aliphatic heterocycles. The zero-order chi connectivity index (χ0) is 13.4. The molecule has 0 radical (unpaired) electrons. The number of halogens is 4. The summed E-state index contributed by atoms with van der Waals surface area (Å²) in [5, 5.41) is 5.50. The molecule has 92 valence electrons. The minimum Gasteiger partial charge on any atom is -0.399 e. The fourth-order valence-electron chi connectivity index (χ4n) is 0.776. The molecular formula is C10H14F4N2. The molecule has 0 heterocycles. The van der Waals surface area contributed by atoms with E-state index >= 15 is 0 Å². The molecule has 0 saturated carbocycles. The first-order valence-electron chi connectivity index (χ1n) is 4.38. The van der Waals surface area contributed by atoms with E-state index in [1.807, 2.05) is 13.8 Å². The predicted molar refractivity (Wildman–Crippen MR) is 57.0 cm³/mol. The van der Waals surface area contributed by atoms with Crippen molar-refractivity contribution in [2.75, 3.05) is 5.73 Å². The van der Waals surface area contributed by atoms with Crippen LogP contribution < -0.4 is 5.73 Å². The highest BCUT2D eigenvalue weighted by Gasteiger charge is 2.31. The second-order valence-electron chi connectivity index (χ2n) is 2.27. The van der Waals surface area contributed by atoms with E-state index < -0.39 is 17.6 Å². The molecule has 0 bridgehead atoms. The SMILES string of the molecule is C=N.CC.Nc1cc(F)cc(C(F)(F)F)c1. The van der Waals surface area contributed by atoms with Gasteiger partial charge in [0.1, 0.15) is 5.82 Å². The molecule has 16 heavy (non-hydrogen) atoms. The predicted octanol–water partition coefficient (Wildman–Crippen LogP) is 3.72. The third-order valence-electron chi connectivity index (χ3n) is 1.25. The highest BCUT2D eigenvalue weighted by molar-refractivity contribution is 5.42. The molecule has 0 amide bonds. The van der Waals surface area contributed by atoms with Gasteiger partial charge < -0.3 is 11.1 Å². The van der Waals surface area contributed by atoms with E-state index in [4.69, 9.17) is 11.1 Å². The number of anilines is 1. The van der Waals surface area contributed by atoms with Crippen LogP contribution in [0.25, 0.3) is 0 Å². The molecule has 0 saturated heterocycles. The fraction of sp³-hybridized carbons (Fsp3) is 0.300. The lowest BCUT2D eigenvalue weighted by atomic mass is 10.2. The summed E-state index contributed by atoms with van der Waals surface area (Å²) in [4.78, 5) is 0. The van der Waals surface area contributed by atoms with Crippen molar-refractivity contribution >= 4 is 12.4 Å². The lowest BCUT2D eigenvalue weighted by Gasteiger charge is -2.06. The molecule has 0 aliphatic carbocycles. The van der Waals surface area contributed by atoms with E-state index in [9.17, 15) is 17.6 Å². The number of nitrogens with one attached hydrogen (secondary N) is 1. The van der Waals surface area contributed by atoms with Crippen LogP contribution in [0.3, 0.4) is 0 Å². The van der Waals surface area contributed by atoms with E-state index in [0.717, 1.165) is 6.07 Å². The molecule has 0 aromatic heterocycles. The average molecular weight is 238 g/mol. The van der Waals surface area contributed by atoms with Crippen LogP contribution in [0.15, 0.2) is 18.2 Å². The van der Waals surface area contributed by atoms with Gasteiger partial charge in [-0.1, -0.05) is 13.8 Å². The molecule has 3 N–H and O–H groups in total.